The van der Waals surface area contributed by atoms with Crippen LogP contribution in [0.15, 0.2) is 64.6 Å². The Balaban J connectivity index is 2.00. The van der Waals surface area contributed by atoms with Crippen LogP contribution < -0.4 is 23.9 Å². The van der Waals surface area contributed by atoms with Crippen LogP contribution in [0.3, 0.4) is 0 Å². The van der Waals surface area contributed by atoms with Gasteiger partial charge in [-0.15, -0.1) is 0 Å². The van der Waals surface area contributed by atoms with Crippen LogP contribution in [0.4, 0.5) is 11.4 Å². The molecule has 0 aliphatic rings. The molecule has 0 bridgehead atoms. The molecule has 0 unspecified atom stereocenters. The molecule has 3 aromatic rings. The summed E-state index contributed by atoms with van der Waals surface area (Å²) in [4.78, 5) is 23.3. The van der Waals surface area contributed by atoms with Crippen LogP contribution in [-0.4, -0.2) is 53.3 Å². The lowest BCUT2D eigenvalue weighted by Crippen LogP contribution is -2.39. The van der Waals surface area contributed by atoms with Crippen molar-refractivity contribution in [1.29, 1.82) is 0 Å². The van der Waals surface area contributed by atoms with E-state index < -0.39 is 38.0 Å². The van der Waals surface area contributed by atoms with Crippen LogP contribution >= 0.6 is 11.6 Å². The summed E-state index contributed by atoms with van der Waals surface area (Å²) in [6.07, 6.45) is 1.31. The Morgan fingerprint density at radius 3 is 2.44 bits per heavy atom. The first-order valence-corrected chi connectivity index (χ1v) is 13.0. The molecule has 1 N–H and O–H groups in total. The zero-order chi connectivity index (χ0) is 28.7. The fourth-order valence-corrected chi connectivity index (χ4v) is 5.19. The van der Waals surface area contributed by atoms with Crippen LogP contribution in [0, 0.1) is 17.0 Å². The minimum Gasteiger partial charge on any atom is -0.495 e. The van der Waals surface area contributed by atoms with Gasteiger partial charge in [-0.25, -0.2) is 13.8 Å². The minimum atomic E-state index is -4.53. The van der Waals surface area contributed by atoms with Gasteiger partial charge in [0, 0.05) is 22.2 Å². The summed E-state index contributed by atoms with van der Waals surface area (Å²) in [5.41, 5.74) is 2.59. The number of sulfonamides is 1. The number of nitro benzene ring substituents is 1. The molecule has 3 aromatic carbocycles. The van der Waals surface area contributed by atoms with Crippen LogP contribution in [0.2, 0.25) is 5.02 Å². The maximum Gasteiger partial charge on any atom is 0.273 e. The van der Waals surface area contributed by atoms with Crippen molar-refractivity contribution in [2.24, 2.45) is 5.10 Å². The summed E-state index contributed by atoms with van der Waals surface area (Å²) in [6.45, 7) is 0.725. The van der Waals surface area contributed by atoms with Crippen molar-refractivity contribution in [3.63, 3.8) is 0 Å². The standard InChI is InChI=1S/C25H25ClN4O8S/c1-16-8-10-19(13-20(16)30(32)33)39(34,35)29(21-12-18(26)9-11-22(21)36-2)15-24(31)28-27-14-17-6-5-7-23(37-3)25(17)38-4/h5-14H,15H2,1-4H3,(H,28,31)/b27-14-. The van der Waals surface area contributed by atoms with Crippen LogP contribution in [0.5, 0.6) is 17.2 Å². The predicted octanol–water partition coefficient (Wildman–Crippen LogP) is 3.93. The van der Waals surface area contributed by atoms with Crippen molar-refractivity contribution < 1.29 is 32.3 Å². The van der Waals surface area contributed by atoms with Gasteiger partial charge in [0.15, 0.2) is 11.5 Å². The van der Waals surface area contributed by atoms with E-state index in [0.29, 0.717) is 17.1 Å². The van der Waals surface area contributed by atoms with Crippen molar-refractivity contribution in [1.82, 2.24) is 5.43 Å². The fourth-order valence-electron chi connectivity index (χ4n) is 3.58. The van der Waals surface area contributed by atoms with Crippen LogP contribution in [0.25, 0.3) is 0 Å². The van der Waals surface area contributed by atoms with Gasteiger partial charge in [0.25, 0.3) is 21.6 Å². The number of carbonyl (C=O) groups is 1. The number of amides is 1. The molecule has 0 aliphatic carbocycles. The fraction of sp³-hybridized carbons (Fsp3) is 0.200. The highest BCUT2D eigenvalue weighted by Crippen LogP contribution is 2.36. The number of nitrogens with one attached hydrogen (secondary N) is 1. The Kier molecular flexibility index (Phi) is 9.33. The Morgan fingerprint density at radius 2 is 1.79 bits per heavy atom. The van der Waals surface area contributed by atoms with Crippen LogP contribution in [0.1, 0.15) is 11.1 Å². The molecule has 0 heterocycles. The molecule has 1 amide bonds. The number of para-hydroxylation sites is 1. The number of hydrogen-bond donors (Lipinski definition) is 1. The summed E-state index contributed by atoms with van der Waals surface area (Å²) in [5, 5.41) is 15.5. The molecule has 0 fully saturated rings. The van der Waals surface area contributed by atoms with Gasteiger partial charge >= 0.3 is 0 Å². The molecule has 0 spiro atoms. The Labute approximate surface area is 229 Å². The average Bonchev–Trinajstić information content (AvgIpc) is 2.91. The molecule has 12 nitrogen and oxygen atoms in total. The van der Waals surface area contributed by atoms with Gasteiger partial charge in [0.1, 0.15) is 12.3 Å². The maximum atomic E-state index is 13.7. The van der Waals surface area contributed by atoms with E-state index in [0.717, 1.165) is 10.4 Å². The normalized spacial score (nSPS) is 11.2. The third-order valence-corrected chi connectivity index (χ3v) is 7.48. The van der Waals surface area contributed by atoms with Crippen molar-refractivity contribution >= 4 is 45.1 Å². The largest absolute Gasteiger partial charge is 0.495 e. The molecule has 206 valence electrons. The second kappa shape index (κ2) is 12.5. The van der Waals surface area contributed by atoms with E-state index in [4.69, 9.17) is 25.8 Å². The second-order valence-corrected chi connectivity index (χ2v) is 10.2. The SMILES string of the molecule is COc1ccc(Cl)cc1N(CC(=O)N/N=C\c1cccc(OC)c1OC)S(=O)(=O)c1ccc(C)c([N+](=O)[O-])c1. The lowest BCUT2D eigenvalue weighted by atomic mass is 10.2. The number of ether oxygens (including phenoxy) is 3. The van der Waals surface area contributed by atoms with Gasteiger partial charge in [0.2, 0.25) is 0 Å². The number of halogens is 1. The van der Waals surface area contributed by atoms with Gasteiger partial charge in [0.05, 0.1) is 43.1 Å². The zero-order valence-electron chi connectivity index (χ0n) is 21.4. The van der Waals surface area contributed by atoms with Gasteiger partial charge in [-0.1, -0.05) is 23.7 Å². The third-order valence-electron chi connectivity index (χ3n) is 5.49. The number of carbonyl (C=O) groups excluding carboxylic acids is 1. The first kappa shape index (κ1) is 29.2. The number of anilines is 1. The van der Waals surface area contributed by atoms with E-state index in [9.17, 15) is 23.3 Å². The van der Waals surface area contributed by atoms with Crippen LogP contribution in [-0.2, 0) is 14.8 Å². The number of nitrogens with zero attached hydrogens (tertiary/aromatic N) is 3. The minimum absolute atomic E-state index is 0.0539. The number of methoxy groups -OCH3 is 3. The molecule has 0 saturated heterocycles. The van der Waals surface area contributed by atoms with E-state index in [1.807, 2.05) is 0 Å². The second-order valence-electron chi connectivity index (χ2n) is 7.91. The van der Waals surface area contributed by atoms with Crippen molar-refractivity contribution in [3.05, 3.63) is 80.9 Å². The molecule has 0 radical (unpaired) electrons. The molecule has 0 aliphatic heterocycles. The highest BCUT2D eigenvalue weighted by atomic mass is 35.5. The third kappa shape index (κ3) is 6.56. The van der Waals surface area contributed by atoms with Crippen molar-refractivity contribution in [2.75, 3.05) is 32.2 Å². The maximum absolute atomic E-state index is 13.7. The quantitative estimate of drug-likeness (QED) is 0.205. The van der Waals surface area contributed by atoms with E-state index in [1.54, 1.807) is 18.2 Å². The van der Waals surface area contributed by atoms with Gasteiger partial charge in [-0.2, -0.15) is 5.10 Å². The molecule has 0 aromatic heterocycles. The van der Waals surface area contributed by atoms with Gasteiger partial charge in [-0.05, 0) is 43.3 Å². The molecule has 3 rings (SSSR count). The summed E-state index contributed by atoms with van der Waals surface area (Å²) < 4.78 is 44.1. The summed E-state index contributed by atoms with van der Waals surface area (Å²) in [6, 6.07) is 12.7. The molecular weight excluding hydrogens is 552 g/mol. The van der Waals surface area contributed by atoms with E-state index in [-0.39, 0.29) is 22.0 Å². The number of benzene rings is 3. The molecule has 39 heavy (non-hydrogen) atoms. The molecular formula is C25H25ClN4O8S. The highest BCUT2D eigenvalue weighted by molar-refractivity contribution is 7.92. The lowest BCUT2D eigenvalue weighted by molar-refractivity contribution is -0.385. The zero-order valence-corrected chi connectivity index (χ0v) is 22.9. The summed E-state index contributed by atoms with van der Waals surface area (Å²) in [7, 11) is -0.284. The van der Waals surface area contributed by atoms with E-state index in [2.05, 4.69) is 10.5 Å². The van der Waals surface area contributed by atoms with Gasteiger partial charge in [-0.3, -0.25) is 19.2 Å². The van der Waals surface area contributed by atoms with Crippen molar-refractivity contribution in [3.8, 4) is 17.2 Å². The topological polar surface area (TPSA) is 150 Å². The molecule has 14 heteroatoms. The Morgan fingerprint density at radius 1 is 1.08 bits per heavy atom. The first-order valence-electron chi connectivity index (χ1n) is 11.2. The first-order chi connectivity index (χ1) is 18.5. The Bertz CT molecular complexity index is 1530. The number of nitro groups is 1. The summed E-state index contributed by atoms with van der Waals surface area (Å²) in [5.74, 6) is 0.111. The smallest absolute Gasteiger partial charge is 0.273 e. The molecule has 0 atom stereocenters. The number of hydrazone groups is 1. The van der Waals surface area contributed by atoms with E-state index >= 15 is 0 Å². The number of hydrogen-bond acceptors (Lipinski definition) is 9. The lowest BCUT2D eigenvalue weighted by Gasteiger charge is -2.25. The van der Waals surface area contributed by atoms with E-state index in [1.165, 1.54) is 64.8 Å². The average molecular weight is 577 g/mol. The highest BCUT2D eigenvalue weighted by Gasteiger charge is 2.31. The van der Waals surface area contributed by atoms with Gasteiger partial charge < -0.3 is 14.2 Å². The van der Waals surface area contributed by atoms with Crippen molar-refractivity contribution in [2.45, 2.75) is 11.8 Å². The monoisotopic (exact) mass is 576 g/mol. The molecule has 0 saturated carbocycles. The number of aryl methyl sites for hydroxylation is 1. The Hall–Kier alpha value is -4.36. The summed E-state index contributed by atoms with van der Waals surface area (Å²) >= 11 is 6.13. The number of rotatable bonds is 11. The predicted molar refractivity (Wildman–Crippen MR) is 146 cm³/mol.